The van der Waals surface area contributed by atoms with E-state index in [9.17, 15) is 9.18 Å². The van der Waals surface area contributed by atoms with E-state index in [4.69, 9.17) is 5.11 Å². The Morgan fingerprint density at radius 1 is 1.58 bits per heavy atom. The first kappa shape index (κ1) is 9.19. The summed E-state index contributed by atoms with van der Waals surface area (Å²) in [4.78, 5) is 10.8. The van der Waals surface area contributed by atoms with Gasteiger partial charge in [-0.1, -0.05) is 0 Å². The van der Waals surface area contributed by atoms with Gasteiger partial charge in [0.25, 0.3) is 0 Å². The molecule has 0 amide bonds. The molecule has 0 atom stereocenters. The van der Waals surface area contributed by atoms with E-state index in [1.165, 1.54) is 13.0 Å². The molecule has 64 valence electrons. The lowest BCUT2D eigenvalue weighted by Gasteiger charge is -2.00. The molecule has 0 unspecified atom stereocenters. The van der Waals surface area contributed by atoms with Crippen molar-refractivity contribution in [2.45, 2.75) is 6.92 Å². The van der Waals surface area contributed by atoms with Gasteiger partial charge in [-0.25, -0.2) is 4.39 Å². The molecule has 1 aromatic rings. The van der Waals surface area contributed by atoms with Gasteiger partial charge in [-0.05, 0) is 35.0 Å². The number of carbonyl (C=O) groups excluding carboxylic acids is 1. The second kappa shape index (κ2) is 3.23. The van der Waals surface area contributed by atoms with Crippen molar-refractivity contribution in [1.82, 2.24) is 0 Å². The van der Waals surface area contributed by atoms with E-state index in [2.05, 4.69) is 15.9 Å². The predicted octanol–water partition coefficient (Wildman–Crippen LogP) is 2.50. The van der Waals surface area contributed by atoms with Crippen molar-refractivity contribution in [3.8, 4) is 5.75 Å². The Kier molecular flexibility index (Phi) is 2.47. The monoisotopic (exact) mass is 232 g/mol. The van der Waals surface area contributed by atoms with Crippen LogP contribution in [0.4, 0.5) is 4.39 Å². The third-order valence-electron chi connectivity index (χ3n) is 1.42. The van der Waals surface area contributed by atoms with E-state index in [0.29, 0.717) is 0 Å². The highest BCUT2D eigenvalue weighted by Gasteiger charge is 2.09. The minimum Gasteiger partial charge on any atom is -0.504 e. The molecule has 0 fully saturated rings. The van der Waals surface area contributed by atoms with Gasteiger partial charge < -0.3 is 5.11 Å². The number of phenolic OH excluding ortho intramolecular Hbond substituents is 1. The van der Waals surface area contributed by atoms with Crippen molar-refractivity contribution in [1.29, 1.82) is 0 Å². The molecule has 0 heterocycles. The topological polar surface area (TPSA) is 37.3 Å². The molecule has 0 aromatic heterocycles. The number of ketones is 1. The molecular formula is C8H6BrFO2. The molecule has 0 bridgehead atoms. The van der Waals surface area contributed by atoms with Crippen molar-refractivity contribution in [3.63, 3.8) is 0 Å². The number of halogens is 2. The van der Waals surface area contributed by atoms with Crippen molar-refractivity contribution >= 4 is 21.7 Å². The first-order valence-electron chi connectivity index (χ1n) is 3.21. The Balaban J connectivity index is 3.31. The Morgan fingerprint density at radius 3 is 2.58 bits per heavy atom. The summed E-state index contributed by atoms with van der Waals surface area (Å²) in [5.41, 5.74) is 0.233. The predicted molar refractivity (Wildman–Crippen MR) is 45.8 cm³/mol. The Bertz CT molecular complexity index is 313. The molecule has 0 aliphatic rings. The van der Waals surface area contributed by atoms with Gasteiger partial charge in [-0.3, -0.25) is 4.79 Å². The second-order valence-electron chi connectivity index (χ2n) is 2.34. The summed E-state index contributed by atoms with van der Waals surface area (Å²) in [6.45, 7) is 1.33. The fourth-order valence-corrected chi connectivity index (χ4v) is 1.20. The summed E-state index contributed by atoms with van der Waals surface area (Å²) in [6, 6.07) is 2.38. The molecule has 1 aromatic carbocycles. The highest BCUT2D eigenvalue weighted by atomic mass is 79.9. The lowest BCUT2D eigenvalue weighted by molar-refractivity contribution is 0.101. The van der Waals surface area contributed by atoms with Crippen LogP contribution in [-0.4, -0.2) is 10.9 Å². The van der Waals surface area contributed by atoms with E-state index in [1.807, 2.05) is 0 Å². The van der Waals surface area contributed by atoms with E-state index < -0.39 is 11.6 Å². The molecule has 0 aliphatic carbocycles. The van der Waals surface area contributed by atoms with Gasteiger partial charge in [0.15, 0.2) is 17.3 Å². The lowest BCUT2D eigenvalue weighted by atomic mass is 10.1. The molecule has 0 radical (unpaired) electrons. The quantitative estimate of drug-likeness (QED) is 0.756. The molecule has 1 rings (SSSR count). The highest BCUT2D eigenvalue weighted by Crippen LogP contribution is 2.28. The highest BCUT2D eigenvalue weighted by molar-refractivity contribution is 9.10. The summed E-state index contributed by atoms with van der Waals surface area (Å²) < 4.78 is 13.0. The van der Waals surface area contributed by atoms with Crippen LogP contribution in [0.3, 0.4) is 0 Å². The maximum absolute atomic E-state index is 12.8. The van der Waals surface area contributed by atoms with Gasteiger partial charge in [-0.2, -0.15) is 0 Å². The number of hydrogen-bond acceptors (Lipinski definition) is 2. The van der Waals surface area contributed by atoms with E-state index in [1.54, 1.807) is 0 Å². The van der Waals surface area contributed by atoms with Gasteiger partial charge in [0.2, 0.25) is 0 Å². The number of benzene rings is 1. The molecule has 12 heavy (non-hydrogen) atoms. The molecule has 4 heteroatoms. The van der Waals surface area contributed by atoms with Crippen LogP contribution in [0.15, 0.2) is 16.6 Å². The number of phenols is 1. The van der Waals surface area contributed by atoms with Crippen LogP contribution in [0.25, 0.3) is 0 Å². The van der Waals surface area contributed by atoms with Gasteiger partial charge >= 0.3 is 0 Å². The molecule has 0 aliphatic heterocycles. The van der Waals surface area contributed by atoms with Crippen molar-refractivity contribution in [2.24, 2.45) is 0 Å². The van der Waals surface area contributed by atoms with Crippen LogP contribution in [0.1, 0.15) is 17.3 Å². The van der Waals surface area contributed by atoms with Gasteiger partial charge in [0.1, 0.15) is 0 Å². The smallest absolute Gasteiger partial charge is 0.166 e. The average Bonchev–Trinajstić information content (AvgIpc) is 1.99. The first-order valence-corrected chi connectivity index (χ1v) is 4.00. The van der Waals surface area contributed by atoms with Crippen LogP contribution in [0.5, 0.6) is 5.75 Å². The Morgan fingerprint density at radius 2 is 2.17 bits per heavy atom. The number of rotatable bonds is 1. The molecule has 0 saturated heterocycles. The van der Waals surface area contributed by atoms with Crippen LogP contribution < -0.4 is 0 Å². The molecule has 0 saturated carbocycles. The van der Waals surface area contributed by atoms with Gasteiger partial charge in [-0.15, -0.1) is 0 Å². The summed E-state index contributed by atoms with van der Waals surface area (Å²) in [7, 11) is 0. The second-order valence-corrected chi connectivity index (χ2v) is 3.20. The number of Topliss-reactive ketones (excluding diaryl/α,β-unsaturated/α-hetero) is 1. The maximum atomic E-state index is 12.8. The van der Waals surface area contributed by atoms with Crippen LogP contribution in [-0.2, 0) is 0 Å². The van der Waals surface area contributed by atoms with Gasteiger partial charge in [0.05, 0.1) is 4.47 Å². The summed E-state index contributed by atoms with van der Waals surface area (Å²) >= 11 is 2.92. The number of aromatic hydroxyl groups is 1. The molecule has 2 nitrogen and oxygen atoms in total. The van der Waals surface area contributed by atoms with Crippen LogP contribution >= 0.6 is 15.9 Å². The fraction of sp³-hybridized carbons (Fsp3) is 0.125. The third kappa shape index (κ3) is 1.64. The molecular weight excluding hydrogens is 227 g/mol. The van der Waals surface area contributed by atoms with Crippen molar-refractivity contribution in [2.75, 3.05) is 0 Å². The number of hydrogen-bond donors (Lipinski definition) is 1. The van der Waals surface area contributed by atoms with E-state index >= 15 is 0 Å². The maximum Gasteiger partial charge on any atom is 0.166 e. The largest absolute Gasteiger partial charge is 0.504 e. The van der Waals surface area contributed by atoms with Crippen molar-refractivity contribution in [3.05, 3.63) is 28.0 Å². The summed E-state index contributed by atoms with van der Waals surface area (Å²) in [6.07, 6.45) is 0. The Hall–Kier alpha value is -0.900. The fourth-order valence-electron chi connectivity index (χ4n) is 0.769. The average molecular weight is 233 g/mol. The van der Waals surface area contributed by atoms with Crippen LogP contribution in [0.2, 0.25) is 0 Å². The first-order chi connectivity index (χ1) is 5.52. The third-order valence-corrected chi connectivity index (χ3v) is 2.03. The van der Waals surface area contributed by atoms with Crippen molar-refractivity contribution < 1.29 is 14.3 Å². The Labute approximate surface area is 77.2 Å². The summed E-state index contributed by atoms with van der Waals surface area (Å²) in [5, 5.41) is 8.98. The zero-order valence-corrected chi connectivity index (χ0v) is 7.85. The van der Waals surface area contributed by atoms with Gasteiger partial charge in [0, 0.05) is 5.56 Å². The normalized spacial score (nSPS) is 9.92. The minimum absolute atomic E-state index is 0.188. The van der Waals surface area contributed by atoms with Crippen LogP contribution in [0, 0.1) is 5.82 Å². The number of carbonyl (C=O) groups is 1. The SMILES string of the molecule is CC(=O)c1cc(F)c(O)c(Br)c1. The zero-order valence-electron chi connectivity index (χ0n) is 6.27. The zero-order chi connectivity index (χ0) is 9.30. The van der Waals surface area contributed by atoms with E-state index in [0.717, 1.165) is 6.07 Å². The summed E-state index contributed by atoms with van der Waals surface area (Å²) in [5.74, 6) is -1.51. The minimum atomic E-state index is -0.797. The standard InChI is InChI=1S/C8H6BrFO2/c1-4(11)5-2-6(9)8(12)7(10)3-5/h2-3,12H,1H3. The molecule has 1 N–H and O–H groups in total. The lowest BCUT2D eigenvalue weighted by Crippen LogP contribution is -1.93. The molecule has 0 spiro atoms. The van der Waals surface area contributed by atoms with E-state index in [-0.39, 0.29) is 15.8 Å².